The molecule has 0 aliphatic rings. The summed E-state index contributed by atoms with van der Waals surface area (Å²) >= 11 is 0. The molecule has 0 atom stereocenters. The number of unbranched alkanes of at least 4 members (excludes halogenated alkanes) is 3. The zero-order chi connectivity index (χ0) is 8.36. The maximum Gasteiger partial charge on any atom is 0.0670 e. The van der Waals surface area contributed by atoms with Crippen LogP contribution in [0.1, 0.15) is 25.7 Å². The van der Waals surface area contributed by atoms with Crippen molar-refractivity contribution < 1.29 is 0 Å². The lowest BCUT2D eigenvalue weighted by atomic mass is 10.1. The van der Waals surface area contributed by atoms with E-state index in [1.807, 2.05) is 0 Å². The van der Waals surface area contributed by atoms with Gasteiger partial charge in [-0.05, 0) is 32.5 Å². The summed E-state index contributed by atoms with van der Waals surface area (Å²) in [6.45, 7) is 2.87. The van der Waals surface area contributed by atoms with Gasteiger partial charge in [0.05, 0.1) is 7.85 Å². The van der Waals surface area contributed by atoms with Crippen LogP contribution in [0.5, 0.6) is 0 Å². The van der Waals surface area contributed by atoms with E-state index in [4.69, 9.17) is 13.6 Å². The van der Waals surface area contributed by atoms with Gasteiger partial charge in [-0.25, -0.2) is 0 Å². The summed E-state index contributed by atoms with van der Waals surface area (Å²) in [7, 11) is 5.31. The van der Waals surface area contributed by atoms with Crippen molar-refractivity contribution in [3.05, 3.63) is 0 Å². The van der Waals surface area contributed by atoms with Crippen molar-refractivity contribution in [2.24, 2.45) is 5.73 Å². The van der Waals surface area contributed by atoms with E-state index >= 15 is 0 Å². The Hall–Kier alpha value is -0.0151. The molecular formula is C8H19BN2. The van der Waals surface area contributed by atoms with Crippen LogP contribution in [0, 0.1) is 0 Å². The minimum absolute atomic E-state index is 0.739. The Bertz CT molecular complexity index is 61.1. The van der Waals surface area contributed by atoms with Gasteiger partial charge in [0, 0.05) is 0 Å². The van der Waals surface area contributed by atoms with Crippen molar-refractivity contribution >= 4 is 7.85 Å². The lowest BCUT2D eigenvalue weighted by Gasteiger charge is -2.01. The Morgan fingerprint density at radius 1 is 1.00 bits per heavy atom. The number of nitrogens with two attached hydrogens (primary N) is 1. The van der Waals surface area contributed by atoms with E-state index in [0.717, 1.165) is 32.4 Å². The second-order valence-corrected chi connectivity index (χ2v) is 2.74. The van der Waals surface area contributed by atoms with Crippen molar-refractivity contribution in [1.29, 1.82) is 0 Å². The third-order valence-corrected chi connectivity index (χ3v) is 1.63. The maximum atomic E-state index is 5.36. The molecule has 64 valence electrons. The zero-order valence-electron chi connectivity index (χ0n) is 7.31. The third kappa shape index (κ3) is 9.98. The largest absolute Gasteiger partial charge is 0.330 e. The van der Waals surface area contributed by atoms with Crippen LogP contribution in [-0.4, -0.2) is 27.5 Å². The average Bonchev–Trinajstić information content (AvgIpc) is 2.03. The van der Waals surface area contributed by atoms with Gasteiger partial charge in [-0.3, -0.25) is 0 Å². The van der Waals surface area contributed by atoms with Gasteiger partial charge in [0.1, 0.15) is 0 Å². The van der Waals surface area contributed by atoms with Crippen LogP contribution in [0.2, 0.25) is 6.32 Å². The summed E-state index contributed by atoms with van der Waals surface area (Å²) in [5.74, 6) is 0. The molecule has 3 heteroatoms. The van der Waals surface area contributed by atoms with E-state index in [1.165, 1.54) is 19.3 Å². The van der Waals surface area contributed by atoms with E-state index in [1.54, 1.807) is 0 Å². The Morgan fingerprint density at radius 2 is 1.73 bits per heavy atom. The van der Waals surface area contributed by atoms with Gasteiger partial charge in [-0.2, -0.15) is 0 Å². The summed E-state index contributed by atoms with van der Waals surface area (Å²) < 4.78 is 0. The van der Waals surface area contributed by atoms with Crippen LogP contribution in [0.15, 0.2) is 0 Å². The first-order chi connectivity index (χ1) is 5.41. The summed E-state index contributed by atoms with van der Waals surface area (Å²) in [6, 6.07) is 0. The molecule has 3 N–H and O–H groups in total. The normalized spacial score (nSPS) is 10.3. The Morgan fingerprint density at radius 3 is 2.36 bits per heavy atom. The molecule has 0 amide bonds. The van der Waals surface area contributed by atoms with E-state index < -0.39 is 0 Å². The summed E-state index contributed by atoms with van der Waals surface area (Å²) in [6.07, 6.45) is 5.70. The van der Waals surface area contributed by atoms with Crippen molar-refractivity contribution in [1.82, 2.24) is 5.32 Å². The Kier molecular flexibility index (Phi) is 9.97. The minimum atomic E-state index is 0.739. The molecule has 0 aromatic carbocycles. The van der Waals surface area contributed by atoms with Crippen molar-refractivity contribution in [2.45, 2.75) is 32.0 Å². The molecule has 0 aromatic heterocycles. The lowest BCUT2D eigenvalue weighted by Crippen LogP contribution is -2.16. The molecule has 0 saturated heterocycles. The molecule has 0 aromatic rings. The first kappa shape index (κ1) is 11.0. The topological polar surface area (TPSA) is 38.0 Å². The van der Waals surface area contributed by atoms with Crippen molar-refractivity contribution in [2.75, 3.05) is 19.6 Å². The van der Waals surface area contributed by atoms with Crippen molar-refractivity contribution in [3.8, 4) is 0 Å². The fourth-order valence-electron chi connectivity index (χ4n) is 0.975. The zero-order valence-corrected chi connectivity index (χ0v) is 7.31. The van der Waals surface area contributed by atoms with Crippen LogP contribution in [-0.2, 0) is 0 Å². The second kappa shape index (κ2) is 9.98. The van der Waals surface area contributed by atoms with Crippen LogP contribution in [0.3, 0.4) is 0 Å². The lowest BCUT2D eigenvalue weighted by molar-refractivity contribution is 0.601. The highest BCUT2D eigenvalue weighted by Crippen LogP contribution is 1.96. The minimum Gasteiger partial charge on any atom is -0.330 e. The number of rotatable bonds is 8. The molecule has 0 heterocycles. The fraction of sp³-hybridized carbons (Fsp3) is 1.00. The van der Waals surface area contributed by atoms with Crippen LogP contribution in [0.4, 0.5) is 0 Å². The van der Waals surface area contributed by atoms with Crippen LogP contribution in [0.25, 0.3) is 0 Å². The van der Waals surface area contributed by atoms with E-state index in [2.05, 4.69) is 5.32 Å². The summed E-state index contributed by atoms with van der Waals surface area (Å²) in [5.41, 5.74) is 5.36. The predicted molar refractivity (Wildman–Crippen MR) is 51.0 cm³/mol. The molecule has 0 fully saturated rings. The molecular weight excluding hydrogens is 135 g/mol. The smallest absolute Gasteiger partial charge is 0.0670 e. The van der Waals surface area contributed by atoms with E-state index in [9.17, 15) is 0 Å². The maximum absolute atomic E-state index is 5.36. The van der Waals surface area contributed by atoms with Gasteiger partial charge in [-0.1, -0.05) is 19.2 Å². The van der Waals surface area contributed by atoms with Gasteiger partial charge in [-0.15, -0.1) is 0 Å². The SMILES string of the molecule is [B]CCNCCCCCCN. The first-order valence-corrected chi connectivity index (χ1v) is 4.52. The number of hydrogen-bond donors (Lipinski definition) is 2. The number of nitrogens with one attached hydrogen (secondary N) is 1. The standard InChI is InChI=1S/C8H19BN2/c9-5-8-11-7-4-2-1-3-6-10/h11H,1-8,10H2. The quantitative estimate of drug-likeness (QED) is 0.398. The van der Waals surface area contributed by atoms with E-state index in [-0.39, 0.29) is 0 Å². The van der Waals surface area contributed by atoms with Gasteiger partial charge >= 0.3 is 0 Å². The van der Waals surface area contributed by atoms with Crippen LogP contribution < -0.4 is 11.1 Å². The molecule has 2 radical (unpaired) electrons. The molecule has 0 spiro atoms. The molecule has 0 bridgehead atoms. The molecule has 0 saturated carbocycles. The predicted octanol–water partition coefficient (Wildman–Crippen LogP) is 0.682. The molecule has 0 unspecified atom stereocenters. The van der Waals surface area contributed by atoms with Gasteiger partial charge in [0.25, 0.3) is 0 Å². The van der Waals surface area contributed by atoms with E-state index in [0.29, 0.717) is 0 Å². The second-order valence-electron chi connectivity index (χ2n) is 2.74. The molecule has 0 aliphatic heterocycles. The van der Waals surface area contributed by atoms with Crippen molar-refractivity contribution in [3.63, 3.8) is 0 Å². The third-order valence-electron chi connectivity index (χ3n) is 1.63. The highest BCUT2D eigenvalue weighted by atomic mass is 14.8. The Labute approximate surface area is 71.3 Å². The highest BCUT2D eigenvalue weighted by Gasteiger charge is 1.87. The molecule has 11 heavy (non-hydrogen) atoms. The Balaban J connectivity index is 2.69. The first-order valence-electron chi connectivity index (χ1n) is 4.52. The summed E-state index contributed by atoms with van der Waals surface area (Å²) in [5, 5.41) is 3.26. The number of hydrogen-bond acceptors (Lipinski definition) is 2. The highest BCUT2D eigenvalue weighted by molar-refractivity contribution is 6.08. The average molecular weight is 154 g/mol. The fourth-order valence-corrected chi connectivity index (χ4v) is 0.975. The summed E-state index contributed by atoms with van der Waals surface area (Å²) in [4.78, 5) is 0. The van der Waals surface area contributed by atoms with Gasteiger partial charge in [0.15, 0.2) is 0 Å². The van der Waals surface area contributed by atoms with Gasteiger partial charge in [0.2, 0.25) is 0 Å². The molecule has 0 rings (SSSR count). The monoisotopic (exact) mass is 154 g/mol. The van der Waals surface area contributed by atoms with Gasteiger partial charge < -0.3 is 11.1 Å². The van der Waals surface area contributed by atoms with Crippen LogP contribution >= 0.6 is 0 Å². The molecule has 2 nitrogen and oxygen atoms in total. The molecule has 0 aliphatic carbocycles.